The van der Waals surface area contributed by atoms with Crippen LogP contribution >= 0.6 is 22.7 Å². The molecule has 0 aromatic carbocycles. The maximum Gasteiger partial charge on any atom is 0.269 e. The molecule has 0 atom stereocenters. The minimum Gasteiger partial charge on any atom is -0.397 e. The van der Waals surface area contributed by atoms with Gasteiger partial charge in [0.15, 0.2) is 5.13 Å². The molecule has 146 valence electrons. The Hall–Kier alpha value is -2.84. The van der Waals surface area contributed by atoms with Gasteiger partial charge in [0.25, 0.3) is 5.91 Å². The maximum atomic E-state index is 12.9. The number of fused-ring (bicyclic) bond motifs is 2. The van der Waals surface area contributed by atoms with Crippen LogP contribution in [-0.4, -0.2) is 20.9 Å². The summed E-state index contributed by atoms with van der Waals surface area (Å²) in [5.74, 6) is -0.248. The van der Waals surface area contributed by atoms with Crippen LogP contribution in [0.25, 0.3) is 21.6 Å². The summed E-state index contributed by atoms with van der Waals surface area (Å²) in [6, 6.07) is 7.79. The Morgan fingerprint density at radius 2 is 2.00 bits per heavy atom. The predicted molar refractivity (Wildman–Crippen MR) is 119 cm³/mol. The zero-order valence-corrected chi connectivity index (χ0v) is 17.3. The molecule has 4 aromatic rings. The van der Waals surface area contributed by atoms with Gasteiger partial charge >= 0.3 is 0 Å². The molecule has 0 unspecified atom stereocenters. The average Bonchev–Trinajstić information content (AvgIpc) is 3.24. The van der Waals surface area contributed by atoms with Crippen molar-refractivity contribution in [1.82, 2.24) is 15.0 Å². The number of hydrogen-bond donors (Lipinski definition) is 2. The molecule has 3 N–H and O–H groups in total. The second-order valence-electron chi connectivity index (χ2n) is 7.06. The average molecular weight is 422 g/mol. The Morgan fingerprint density at radius 1 is 1.10 bits per heavy atom. The molecule has 5 rings (SSSR count). The van der Waals surface area contributed by atoms with Crippen LogP contribution in [-0.2, 0) is 12.8 Å². The van der Waals surface area contributed by atoms with E-state index in [4.69, 9.17) is 10.7 Å². The third kappa shape index (κ3) is 3.49. The van der Waals surface area contributed by atoms with Crippen LogP contribution in [0.2, 0.25) is 0 Å². The molecule has 4 aromatic heterocycles. The highest BCUT2D eigenvalue weighted by Gasteiger charge is 2.21. The van der Waals surface area contributed by atoms with E-state index in [0.29, 0.717) is 15.7 Å². The molecule has 0 bridgehead atoms. The smallest absolute Gasteiger partial charge is 0.269 e. The molecule has 6 nitrogen and oxygen atoms in total. The van der Waals surface area contributed by atoms with Crippen LogP contribution in [0, 0.1) is 0 Å². The Kier molecular flexibility index (Phi) is 4.73. The molecule has 1 aliphatic rings. The van der Waals surface area contributed by atoms with Crippen LogP contribution in [0.3, 0.4) is 0 Å². The van der Waals surface area contributed by atoms with E-state index in [0.717, 1.165) is 40.1 Å². The van der Waals surface area contributed by atoms with E-state index >= 15 is 0 Å². The first-order valence-corrected chi connectivity index (χ1v) is 11.3. The fraction of sp³-hybridized carbons (Fsp3) is 0.238. The van der Waals surface area contributed by atoms with Crippen molar-refractivity contribution in [2.24, 2.45) is 0 Å². The van der Waals surface area contributed by atoms with E-state index in [-0.39, 0.29) is 5.91 Å². The minimum absolute atomic E-state index is 0.248. The summed E-state index contributed by atoms with van der Waals surface area (Å²) < 4.78 is 0. The molecule has 0 radical (unpaired) electrons. The minimum atomic E-state index is -0.248. The Bertz CT molecular complexity index is 1200. The van der Waals surface area contributed by atoms with Crippen LogP contribution in [0.1, 0.15) is 40.2 Å². The van der Waals surface area contributed by atoms with Crippen molar-refractivity contribution in [3.05, 3.63) is 52.0 Å². The van der Waals surface area contributed by atoms with Gasteiger partial charge in [-0.1, -0.05) is 12.5 Å². The van der Waals surface area contributed by atoms with Gasteiger partial charge in [-0.15, -0.1) is 22.7 Å². The number of thiazole rings is 1. The number of thiophene rings is 1. The van der Waals surface area contributed by atoms with Gasteiger partial charge in [0.2, 0.25) is 0 Å². The zero-order valence-electron chi connectivity index (χ0n) is 15.6. The molecule has 0 fully saturated rings. The number of anilines is 2. The fourth-order valence-corrected chi connectivity index (χ4v) is 5.31. The highest BCUT2D eigenvalue weighted by Crippen LogP contribution is 2.36. The fourth-order valence-electron chi connectivity index (χ4n) is 3.62. The Balaban J connectivity index is 1.43. The number of rotatable bonds is 3. The number of nitrogens with two attached hydrogens (primary N) is 1. The molecule has 0 aliphatic heterocycles. The van der Waals surface area contributed by atoms with E-state index in [9.17, 15) is 4.79 Å². The Morgan fingerprint density at radius 3 is 2.86 bits per heavy atom. The first-order chi connectivity index (χ1) is 14.2. The molecule has 8 heteroatoms. The highest BCUT2D eigenvalue weighted by atomic mass is 32.1. The lowest BCUT2D eigenvalue weighted by atomic mass is 10.1. The van der Waals surface area contributed by atoms with Crippen LogP contribution < -0.4 is 11.1 Å². The number of carbonyl (C=O) groups is 1. The van der Waals surface area contributed by atoms with Crippen molar-refractivity contribution in [1.29, 1.82) is 0 Å². The summed E-state index contributed by atoms with van der Waals surface area (Å²) in [4.78, 5) is 27.8. The second kappa shape index (κ2) is 7.53. The summed E-state index contributed by atoms with van der Waals surface area (Å²) in [7, 11) is 0. The number of carbonyl (C=O) groups excluding carboxylic acids is 1. The number of hydrogen-bond acceptors (Lipinski definition) is 7. The van der Waals surface area contributed by atoms with Gasteiger partial charge in [0.05, 0.1) is 11.4 Å². The normalized spacial score (nSPS) is 13.8. The third-order valence-electron chi connectivity index (χ3n) is 5.11. The van der Waals surface area contributed by atoms with Crippen molar-refractivity contribution in [2.75, 3.05) is 11.1 Å². The van der Waals surface area contributed by atoms with Gasteiger partial charge in [-0.05, 0) is 49.4 Å². The lowest BCUT2D eigenvalue weighted by Gasteiger charge is -2.04. The molecule has 1 amide bonds. The lowest BCUT2D eigenvalue weighted by molar-refractivity contribution is 0.103. The monoisotopic (exact) mass is 421 g/mol. The van der Waals surface area contributed by atoms with E-state index < -0.39 is 0 Å². The van der Waals surface area contributed by atoms with E-state index in [2.05, 4.69) is 21.4 Å². The highest BCUT2D eigenvalue weighted by molar-refractivity contribution is 7.21. The number of pyridine rings is 2. The molecule has 1 aliphatic carbocycles. The number of nitrogens with one attached hydrogen (secondary N) is 1. The van der Waals surface area contributed by atoms with Crippen molar-refractivity contribution >= 4 is 49.6 Å². The first kappa shape index (κ1) is 18.2. The van der Waals surface area contributed by atoms with Crippen molar-refractivity contribution in [3.63, 3.8) is 0 Å². The summed E-state index contributed by atoms with van der Waals surface area (Å²) in [6.07, 6.45) is 7.34. The van der Waals surface area contributed by atoms with Gasteiger partial charge < -0.3 is 5.73 Å². The van der Waals surface area contributed by atoms with E-state index in [1.54, 1.807) is 6.20 Å². The predicted octanol–water partition coefficient (Wildman–Crippen LogP) is 4.92. The summed E-state index contributed by atoms with van der Waals surface area (Å²) in [6.45, 7) is 0. The SMILES string of the molecule is Nc1c(C(=O)Nc2nc(-c3ccccn3)cs2)sc2nc3c(cc12)CCCCC3. The largest absolute Gasteiger partial charge is 0.397 e. The standard InChI is InChI=1S/C21H19N5OS2/c22-17-13-10-12-6-2-1-3-7-14(12)24-20(13)29-18(17)19(27)26-21-25-16(11-28-21)15-8-4-5-9-23-15/h4-5,8-11H,1-3,6-7,22H2,(H,25,26,27). The van der Waals surface area contributed by atoms with Gasteiger partial charge in [-0.2, -0.15) is 0 Å². The molecule has 0 spiro atoms. The van der Waals surface area contributed by atoms with Crippen LogP contribution in [0.4, 0.5) is 10.8 Å². The summed E-state index contributed by atoms with van der Waals surface area (Å²) in [5, 5.41) is 6.16. The number of nitrogens with zero attached hydrogens (tertiary/aromatic N) is 3. The number of amides is 1. The van der Waals surface area contributed by atoms with Gasteiger partial charge in [-0.3, -0.25) is 15.1 Å². The molecule has 29 heavy (non-hydrogen) atoms. The van der Waals surface area contributed by atoms with E-state index in [1.165, 1.54) is 47.5 Å². The van der Waals surface area contributed by atoms with Gasteiger partial charge in [0, 0.05) is 22.7 Å². The number of aryl methyl sites for hydroxylation is 2. The molecule has 0 saturated heterocycles. The quantitative estimate of drug-likeness (QED) is 0.458. The van der Waals surface area contributed by atoms with Gasteiger partial charge in [0.1, 0.15) is 15.4 Å². The summed E-state index contributed by atoms with van der Waals surface area (Å²) >= 11 is 2.72. The lowest BCUT2D eigenvalue weighted by Crippen LogP contribution is -2.11. The van der Waals surface area contributed by atoms with Crippen LogP contribution in [0.15, 0.2) is 35.8 Å². The third-order valence-corrected chi connectivity index (χ3v) is 6.98. The van der Waals surface area contributed by atoms with Crippen LogP contribution in [0.5, 0.6) is 0 Å². The molecular weight excluding hydrogens is 402 g/mol. The maximum absolute atomic E-state index is 12.9. The zero-order chi connectivity index (χ0) is 19.8. The second-order valence-corrected chi connectivity index (χ2v) is 8.92. The first-order valence-electron chi connectivity index (χ1n) is 9.58. The van der Waals surface area contributed by atoms with Crippen molar-refractivity contribution < 1.29 is 4.79 Å². The topological polar surface area (TPSA) is 93.8 Å². The van der Waals surface area contributed by atoms with Crippen molar-refractivity contribution in [3.8, 4) is 11.4 Å². The Labute approximate surface area is 175 Å². The number of nitrogen functional groups attached to an aromatic ring is 1. The van der Waals surface area contributed by atoms with E-state index in [1.807, 2.05) is 23.6 Å². The molecule has 4 heterocycles. The van der Waals surface area contributed by atoms with Crippen molar-refractivity contribution in [2.45, 2.75) is 32.1 Å². The molecular formula is C21H19N5OS2. The van der Waals surface area contributed by atoms with Gasteiger partial charge in [-0.25, -0.2) is 9.97 Å². The summed E-state index contributed by atoms with van der Waals surface area (Å²) in [5.41, 5.74) is 10.8. The molecule has 0 saturated carbocycles. The number of aromatic nitrogens is 3.